The van der Waals surface area contributed by atoms with Gasteiger partial charge in [0.05, 0.1) is 6.34 Å². The van der Waals surface area contributed by atoms with E-state index in [2.05, 4.69) is 10.3 Å². The first-order valence-electron chi connectivity index (χ1n) is 3.18. The van der Waals surface area contributed by atoms with Crippen LogP contribution in [0.2, 0.25) is 0 Å². The Labute approximate surface area is 82.7 Å². The standard InChI is InChI=1S/C5H9N3OS3/c1-8(2)3-6-4-7-5(10-9)12-11-4/h3-4,7H,1-2H3. The van der Waals surface area contributed by atoms with Crippen LogP contribution in [0.5, 0.6) is 0 Å². The summed E-state index contributed by atoms with van der Waals surface area (Å²) in [6, 6.07) is 0. The van der Waals surface area contributed by atoms with Crippen LogP contribution in [0.25, 0.3) is 0 Å². The number of aliphatic imine (C=N–C) groups is 1. The Morgan fingerprint density at radius 3 is 3.00 bits per heavy atom. The zero-order chi connectivity index (χ0) is 8.97. The molecule has 0 bridgehead atoms. The summed E-state index contributed by atoms with van der Waals surface area (Å²) in [4.78, 5) is 6.04. The van der Waals surface area contributed by atoms with Crippen molar-refractivity contribution in [3.05, 3.63) is 0 Å². The van der Waals surface area contributed by atoms with Crippen molar-refractivity contribution >= 4 is 43.5 Å². The minimum Gasteiger partial charge on any atom is -0.369 e. The molecule has 7 heteroatoms. The highest BCUT2D eigenvalue weighted by Crippen LogP contribution is 2.32. The third-order valence-electron chi connectivity index (χ3n) is 0.965. The van der Waals surface area contributed by atoms with E-state index >= 15 is 0 Å². The molecule has 12 heavy (non-hydrogen) atoms. The Hall–Kier alpha value is 0.0200. The van der Waals surface area contributed by atoms with Crippen molar-refractivity contribution in [2.75, 3.05) is 14.1 Å². The summed E-state index contributed by atoms with van der Waals surface area (Å²) in [5, 5.41) is 2.96. The van der Waals surface area contributed by atoms with Gasteiger partial charge in [0.1, 0.15) is 11.3 Å². The van der Waals surface area contributed by atoms with Gasteiger partial charge in [-0.15, -0.1) is 0 Å². The molecular formula is C5H9N3OS3. The smallest absolute Gasteiger partial charge is 0.163 e. The predicted molar refractivity (Wildman–Crippen MR) is 57.4 cm³/mol. The van der Waals surface area contributed by atoms with Gasteiger partial charge in [0.15, 0.2) is 9.82 Å². The molecule has 1 aliphatic heterocycles. The van der Waals surface area contributed by atoms with Crippen LogP contribution in [-0.2, 0) is 11.3 Å². The number of nitrogens with one attached hydrogen (secondary N) is 1. The molecule has 1 N–H and O–H groups in total. The first kappa shape index (κ1) is 10.1. The molecule has 1 atom stereocenters. The molecule has 68 valence electrons. The van der Waals surface area contributed by atoms with E-state index in [0.717, 1.165) is 0 Å². The van der Waals surface area contributed by atoms with Gasteiger partial charge in [-0.2, -0.15) is 0 Å². The molecule has 0 aromatic carbocycles. The molecule has 1 unspecified atom stereocenters. The van der Waals surface area contributed by atoms with E-state index in [1.165, 1.54) is 10.8 Å². The molecule has 0 amide bonds. The highest BCUT2D eigenvalue weighted by Gasteiger charge is 2.19. The van der Waals surface area contributed by atoms with Gasteiger partial charge >= 0.3 is 0 Å². The minimum atomic E-state index is -0.0196. The van der Waals surface area contributed by atoms with Gasteiger partial charge in [0, 0.05) is 14.1 Å². The lowest BCUT2D eigenvalue weighted by Gasteiger charge is -2.04. The van der Waals surface area contributed by atoms with Crippen LogP contribution < -0.4 is 5.32 Å². The molecule has 1 saturated heterocycles. The Morgan fingerprint density at radius 1 is 1.75 bits per heavy atom. The van der Waals surface area contributed by atoms with Gasteiger partial charge in [0.2, 0.25) is 0 Å². The Balaban J connectivity index is 2.43. The first-order chi connectivity index (χ1) is 5.72. The van der Waals surface area contributed by atoms with E-state index in [1.54, 1.807) is 17.1 Å². The quantitative estimate of drug-likeness (QED) is 0.312. The normalized spacial score (nSPS) is 23.5. The summed E-state index contributed by atoms with van der Waals surface area (Å²) >= 11 is 0.481. The lowest BCUT2D eigenvalue weighted by atomic mass is 10.9. The van der Waals surface area contributed by atoms with Crippen molar-refractivity contribution < 1.29 is 4.21 Å². The highest BCUT2D eigenvalue weighted by molar-refractivity contribution is 8.84. The lowest BCUT2D eigenvalue weighted by Crippen LogP contribution is -2.23. The average Bonchev–Trinajstić information content (AvgIpc) is 2.48. The van der Waals surface area contributed by atoms with Crippen LogP contribution in [0.3, 0.4) is 0 Å². The van der Waals surface area contributed by atoms with Crippen molar-refractivity contribution in [3.8, 4) is 0 Å². The van der Waals surface area contributed by atoms with Crippen molar-refractivity contribution in [1.29, 1.82) is 0 Å². The van der Waals surface area contributed by atoms with Crippen LogP contribution in [0, 0.1) is 0 Å². The van der Waals surface area contributed by atoms with Gasteiger partial charge in [-0.05, 0) is 21.6 Å². The number of rotatable bonds is 2. The molecule has 0 aliphatic carbocycles. The summed E-state index contributed by atoms with van der Waals surface area (Å²) in [5.41, 5.74) is -0.0196. The summed E-state index contributed by atoms with van der Waals surface area (Å²) in [6.07, 6.45) is 1.73. The Bertz CT molecular complexity index is 236. The zero-order valence-electron chi connectivity index (χ0n) is 6.68. The minimum absolute atomic E-state index is 0.0196. The zero-order valence-corrected chi connectivity index (χ0v) is 9.13. The lowest BCUT2D eigenvalue weighted by molar-refractivity contribution is 0.635. The van der Waals surface area contributed by atoms with Gasteiger partial charge in [-0.25, -0.2) is 14.5 Å². The summed E-state index contributed by atoms with van der Waals surface area (Å²) in [7, 11) is 6.79. The molecule has 0 aromatic rings. The fraction of sp³-hybridized carbons (Fsp3) is 0.600. The van der Waals surface area contributed by atoms with E-state index in [0.29, 0.717) is 15.6 Å². The summed E-state index contributed by atoms with van der Waals surface area (Å²) in [6.45, 7) is 0. The molecule has 0 radical (unpaired) electrons. The third-order valence-corrected chi connectivity index (χ3v) is 4.13. The molecule has 1 fully saturated rings. The van der Waals surface area contributed by atoms with Gasteiger partial charge in [0.25, 0.3) is 0 Å². The SMILES string of the molecule is CN(C)C=NC1NC(=S=O)SS1. The number of hydrogen-bond acceptors (Lipinski definition) is 4. The van der Waals surface area contributed by atoms with Crippen LogP contribution in [-0.4, -0.2) is 39.4 Å². The first-order valence-corrected chi connectivity index (χ1v) is 6.14. The molecule has 1 aliphatic rings. The molecule has 4 nitrogen and oxygen atoms in total. The van der Waals surface area contributed by atoms with Gasteiger partial charge in [-0.3, -0.25) is 0 Å². The fourth-order valence-electron chi connectivity index (χ4n) is 0.532. The van der Waals surface area contributed by atoms with Crippen molar-refractivity contribution in [2.45, 2.75) is 5.50 Å². The van der Waals surface area contributed by atoms with E-state index in [9.17, 15) is 4.21 Å². The molecule has 1 heterocycles. The van der Waals surface area contributed by atoms with E-state index in [4.69, 9.17) is 0 Å². The number of nitrogens with zero attached hydrogens (tertiary/aromatic N) is 2. The van der Waals surface area contributed by atoms with E-state index in [-0.39, 0.29) is 5.50 Å². The van der Waals surface area contributed by atoms with Crippen molar-refractivity contribution in [2.24, 2.45) is 4.99 Å². The van der Waals surface area contributed by atoms with E-state index < -0.39 is 0 Å². The Morgan fingerprint density at radius 2 is 2.50 bits per heavy atom. The maximum atomic E-state index is 10.3. The van der Waals surface area contributed by atoms with Crippen molar-refractivity contribution in [1.82, 2.24) is 10.2 Å². The molecule has 1 rings (SSSR count). The number of hydrogen-bond donors (Lipinski definition) is 1. The van der Waals surface area contributed by atoms with Crippen molar-refractivity contribution in [3.63, 3.8) is 0 Å². The summed E-state index contributed by atoms with van der Waals surface area (Å²) in [5.74, 6) is 0. The maximum Gasteiger partial charge on any atom is 0.163 e. The molecule has 0 saturated carbocycles. The summed E-state index contributed by atoms with van der Waals surface area (Å²) < 4.78 is 11.0. The molecule has 0 spiro atoms. The van der Waals surface area contributed by atoms with Gasteiger partial charge in [-0.1, -0.05) is 0 Å². The van der Waals surface area contributed by atoms with Crippen LogP contribution >= 0.6 is 21.6 Å². The monoisotopic (exact) mass is 223 g/mol. The third kappa shape index (κ3) is 3.18. The van der Waals surface area contributed by atoms with Crippen LogP contribution in [0.15, 0.2) is 4.99 Å². The second-order valence-corrected chi connectivity index (χ2v) is 5.40. The second kappa shape index (κ2) is 4.90. The predicted octanol–water partition coefficient (Wildman–Crippen LogP) is 0.145. The van der Waals surface area contributed by atoms with Crippen LogP contribution in [0.1, 0.15) is 0 Å². The topological polar surface area (TPSA) is 44.7 Å². The molecule has 0 aromatic heterocycles. The Kier molecular flexibility index (Phi) is 4.13. The maximum absolute atomic E-state index is 10.3. The highest BCUT2D eigenvalue weighted by atomic mass is 33.1. The largest absolute Gasteiger partial charge is 0.369 e. The fourth-order valence-corrected chi connectivity index (χ4v) is 3.14. The second-order valence-electron chi connectivity index (χ2n) is 2.28. The van der Waals surface area contributed by atoms with E-state index in [1.807, 2.05) is 19.0 Å². The van der Waals surface area contributed by atoms with Crippen LogP contribution in [0.4, 0.5) is 0 Å². The molecular weight excluding hydrogens is 214 g/mol. The average molecular weight is 223 g/mol. The van der Waals surface area contributed by atoms with Gasteiger partial charge < -0.3 is 4.90 Å².